The SMILES string of the molecule is CCCCn1cc(C)nc1Nc1cccc(Br)c1. The molecule has 1 aromatic carbocycles. The number of benzene rings is 1. The van der Waals surface area contributed by atoms with Crippen molar-refractivity contribution in [3.63, 3.8) is 0 Å². The molecule has 0 fully saturated rings. The van der Waals surface area contributed by atoms with Gasteiger partial charge in [-0.05, 0) is 31.5 Å². The second kappa shape index (κ2) is 6.05. The average Bonchev–Trinajstić information content (AvgIpc) is 2.67. The van der Waals surface area contributed by atoms with E-state index in [2.05, 4.69) is 43.9 Å². The number of nitrogens with zero attached hydrogens (tertiary/aromatic N) is 2. The smallest absolute Gasteiger partial charge is 0.207 e. The van der Waals surface area contributed by atoms with E-state index in [0.29, 0.717) is 0 Å². The van der Waals surface area contributed by atoms with Crippen LogP contribution in [-0.4, -0.2) is 9.55 Å². The Morgan fingerprint density at radius 1 is 1.39 bits per heavy atom. The summed E-state index contributed by atoms with van der Waals surface area (Å²) in [6.07, 6.45) is 4.45. The van der Waals surface area contributed by atoms with Crippen LogP contribution < -0.4 is 5.32 Å². The van der Waals surface area contributed by atoms with Crippen LogP contribution >= 0.6 is 15.9 Å². The highest BCUT2D eigenvalue weighted by Gasteiger charge is 2.05. The number of nitrogens with one attached hydrogen (secondary N) is 1. The van der Waals surface area contributed by atoms with Crippen molar-refractivity contribution in [3.8, 4) is 0 Å². The molecule has 2 rings (SSSR count). The summed E-state index contributed by atoms with van der Waals surface area (Å²) in [5.74, 6) is 0.916. The summed E-state index contributed by atoms with van der Waals surface area (Å²) in [6, 6.07) is 8.12. The molecule has 0 radical (unpaired) electrons. The number of halogens is 1. The first-order chi connectivity index (χ1) is 8.69. The molecule has 18 heavy (non-hydrogen) atoms. The van der Waals surface area contributed by atoms with E-state index in [1.165, 1.54) is 12.8 Å². The fourth-order valence-corrected chi connectivity index (χ4v) is 2.24. The number of imidazole rings is 1. The Kier molecular flexibility index (Phi) is 4.42. The van der Waals surface area contributed by atoms with Crippen LogP contribution in [0.1, 0.15) is 25.5 Å². The van der Waals surface area contributed by atoms with Gasteiger partial charge in [0.25, 0.3) is 0 Å². The lowest BCUT2D eigenvalue weighted by atomic mass is 10.3. The fraction of sp³-hybridized carbons (Fsp3) is 0.357. The van der Waals surface area contributed by atoms with Gasteiger partial charge in [0, 0.05) is 22.9 Å². The number of aromatic nitrogens is 2. The van der Waals surface area contributed by atoms with E-state index in [-0.39, 0.29) is 0 Å². The lowest BCUT2D eigenvalue weighted by molar-refractivity contribution is 0.637. The number of rotatable bonds is 5. The molecule has 96 valence electrons. The Morgan fingerprint density at radius 2 is 2.22 bits per heavy atom. The molecule has 0 amide bonds. The maximum Gasteiger partial charge on any atom is 0.207 e. The van der Waals surface area contributed by atoms with Gasteiger partial charge in [-0.25, -0.2) is 4.98 Å². The van der Waals surface area contributed by atoms with Crippen molar-refractivity contribution in [1.29, 1.82) is 0 Å². The zero-order chi connectivity index (χ0) is 13.0. The molecule has 0 unspecified atom stereocenters. The van der Waals surface area contributed by atoms with Gasteiger partial charge < -0.3 is 9.88 Å². The molecular weight excluding hydrogens is 290 g/mol. The fourth-order valence-electron chi connectivity index (χ4n) is 1.84. The Labute approximate surface area is 116 Å². The Hall–Kier alpha value is -1.29. The van der Waals surface area contributed by atoms with Crippen LogP contribution in [0.25, 0.3) is 0 Å². The first kappa shape index (κ1) is 13.1. The molecule has 0 saturated heterocycles. The van der Waals surface area contributed by atoms with E-state index < -0.39 is 0 Å². The number of unbranched alkanes of at least 4 members (excludes halogenated alkanes) is 1. The van der Waals surface area contributed by atoms with Gasteiger partial charge in [0.05, 0.1) is 5.69 Å². The second-order valence-corrected chi connectivity index (χ2v) is 5.30. The number of hydrogen-bond donors (Lipinski definition) is 1. The minimum atomic E-state index is 0.916. The highest BCUT2D eigenvalue weighted by atomic mass is 79.9. The Morgan fingerprint density at radius 3 is 2.94 bits per heavy atom. The highest BCUT2D eigenvalue weighted by molar-refractivity contribution is 9.10. The van der Waals surface area contributed by atoms with Crippen LogP contribution in [0.5, 0.6) is 0 Å². The van der Waals surface area contributed by atoms with Crippen molar-refractivity contribution < 1.29 is 0 Å². The highest BCUT2D eigenvalue weighted by Crippen LogP contribution is 2.20. The maximum absolute atomic E-state index is 4.53. The molecule has 1 aromatic heterocycles. The largest absolute Gasteiger partial charge is 0.326 e. The average molecular weight is 308 g/mol. The summed E-state index contributed by atoms with van der Waals surface area (Å²) in [7, 11) is 0. The minimum Gasteiger partial charge on any atom is -0.326 e. The van der Waals surface area contributed by atoms with E-state index >= 15 is 0 Å². The molecule has 0 aliphatic carbocycles. The van der Waals surface area contributed by atoms with Crippen LogP contribution in [0.3, 0.4) is 0 Å². The quantitative estimate of drug-likeness (QED) is 0.881. The molecule has 0 aliphatic heterocycles. The zero-order valence-corrected chi connectivity index (χ0v) is 12.4. The zero-order valence-electron chi connectivity index (χ0n) is 10.8. The molecule has 0 saturated carbocycles. The molecular formula is C14H18BrN3. The van der Waals surface area contributed by atoms with Crippen molar-refractivity contribution in [2.45, 2.75) is 33.2 Å². The monoisotopic (exact) mass is 307 g/mol. The maximum atomic E-state index is 4.53. The van der Waals surface area contributed by atoms with E-state index in [1.807, 2.05) is 31.2 Å². The topological polar surface area (TPSA) is 29.9 Å². The Balaban J connectivity index is 2.17. The predicted molar refractivity (Wildman–Crippen MR) is 79.3 cm³/mol. The van der Waals surface area contributed by atoms with Crippen LogP contribution in [0.4, 0.5) is 11.6 Å². The number of anilines is 2. The van der Waals surface area contributed by atoms with Gasteiger partial charge in [-0.2, -0.15) is 0 Å². The molecule has 0 atom stereocenters. The lowest BCUT2D eigenvalue weighted by Gasteiger charge is -2.09. The molecule has 2 aromatic rings. The minimum absolute atomic E-state index is 0.916. The van der Waals surface area contributed by atoms with E-state index in [9.17, 15) is 0 Å². The van der Waals surface area contributed by atoms with Gasteiger partial charge in [-0.1, -0.05) is 35.3 Å². The van der Waals surface area contributed by atoms with Gasteiger partial charge >= 0.3 is 0 Å². The third-order valence-electron chi connectivity index (χ3n) is 2.73. The predicted octanol–water partition coefficient (Wildman–Crippen LogP) is 4.50. The summed E-state index contributed by atoms with van der Waals surface area (Å²) in [5, 5.41) is 3.36. The van der Waals surface area contributed by atoms with Crippen molar-refractivity contribution >= 4 is 27.6 Å². The van der Waals surface area contributed by atoms with Gasteiger partial charge in [0.1, 0.15) is 0 Å². The van der Waals surface area contributed by atoms with Crippen molar-refractivity contribution in [2.75, 3.05) is 5.32 Å². The summed E-state index contributed by atoms with van der Waals surface area (Å²) in [5.41, 5.74) is 2.09. The van der Waals surface area contributed by atoms with Crippen molar-refractivity contribution in [2.24, 2.45) is 0 Å². The number of hydrogen-bond acceptors (Lipinski definition) is 2. The first-order valence-corrected chi connectivity index (χ1v) is 7.04. The Bertz CT molecular complexity index is 520. The molecule has 0 spiro atoms. The van der Waals surface area contributed by atoms with Gasteiger partial charge in [0.2, 0.25) is 5.95 Å². The van der Waals surface area contributed by atoms with Gasteiger partial charge in [0.15, 0.2) is 0 Å². The molecule has 1 N–H and O–H groups in total. The summed E-state index contributed by atoms with van der Waals surface area (Å²) in [4.78, 5) is 4.53. The molecule has 1 heterocycles. The van der Waals surface area contributed by atoms with Crippen molar-refractivity contribution in [1.82, 2.24) is 9.55 Å². The summed E-state index contributed by atoms with van der Waals surface area (Å²) < 4.78 is 3.25. The first-order valence-electron chi connectivity index (χ1n) is 6.25. The van der Waals surface area contributed by atoms with Crippen LogP contribution in [0, 0.1) is 6.92 Å². The third kappa shape index (κ3) is 3.35. The van der Waals surface area contributed by atoms with Gasteiger partial charge in [-0.3, -0.25) is 0 Å². The van der Waals surface area contributed by atoms with Gasteiger partial charge in [-0.15, -0.1) is 0 Å². The van der Waals surface area contributed by atoms with Crippen molar-refractivity contribution in [3.05, 3.63) is 40.6 Å². The lowest BCUT2D eigenvalue weighted by Crippen LogP contribution is -2.03. The normalized spacial score (nSPS) is 10.6. The summed E-state index contributed by atoms with van der Waals surface area (Å²) in [6.45, 7) is 5.23. The molecule has 0 aliphatic rings. The molecule has 3 nitrogen and oxygen atoms in total. The van der Waals surface area contributed by atoms with Crippen LogP contribution in [0.2, 0.25) is 0 Å². The van der Waals surface area contributed by atoms with Crippen LogP contribution in [0.15, 0.2) is 34.9 Å². The molecule has 0 bridgehead atoms. The molecule has 4 heteroatoms. The third-order valence-corrected chi connectivity index (χ3v) is 3.22. The standard InChI is InChI=1S/C14H18BrN3/c1-3-4-8-18-10-11(2)16-14(18)17-13-7-5-6-12(15)9-13/h5-7,9-10H,3-4,8H2,1-2H3,(H,16,17). The second-order valence-electron chi connectivity index (χ2n) is 4.39. The van der Waals surface area contributed by atoms with E-state index in [0.717, 1.165) is 28.3 Å². The van der Waals surface area contributed by atoms with E-state index in [4.69, 9.17) is 0 Å². The number of aryl methyl sites for hydroxylation is 2. The van der Waals surface area contributed by atoms with E-state index in [1.54, 1.807) is 0 Å². The van der Waals surface area contributed by atoms with Crippen LogP contribution in [-0.2, 0) is 6.54 Å². The summed E-state index contributed by atoms with van der Waals surface area (Å²) >= 11 is 3.47.